The molecule has 3 nitrogen and oxygen atoms in total. The largest absolute Gasteiger partial charge is 1.00 e. The van der Waals surface area contributed by atoms with E-state index in [1.165, 1.54) is 11.1 Å². The molecule has 0 unspecified atom stereocenters. The van der Waals surface area contributed by atoms with Crippen LogP contribution in [0.5, 0.6) is 0 Å². The van der Waals surface area contributed by atoms with E-state index in [0.29, 0.717) is 0 Å². The van der Waals surface area contributed by atoms with Gasteiger partial charge in [0.05, 0.1) is 0 Å². The van der Waals surface area contributed by atoms with E-state index in [1.807, 2.05) is 19.1 Å². The van der Waals surface area contributed by atoms with Gasteiger partial charge in [-0.05, 0) is 0 Å². The molecule has 0 aliphatic carbocycles. The maximum Gasteiger partial charge on any atom is 1.00 e. The molecule has 0 radical (unpaired) electrons. The molecule has 0 aliphatic heterocycles. The summed E-state index contributed by atoms with van der Waals surface area (Å²) in [5.41, 5.74) is 2.52. The van der Waals surface area contributed by atoms with Crippen molar-refractivity contribution in [3.8, 4) is 0 Å². The summed E-state index contributed by atoms with van der Waals surface area (Å²) in [5, 5.41) is 21.5. The third kappa shape index (κ3) is 12.8. The number of hydrogen-bond donors (Lipinski definition) is 3. The van der Waals surface area contributed by atoms with Crippen LogP contribution in [0.2, 0.25) is 0 Å². The SMILES string of the molecule is Cc1[c-]ccc(C)c1.OB(O)O.[K+]. The molecule has 1 rings (SSSR count). The van der Waals surface area contributed by atoms with E-state index >= 15 is 0 Å². The second kappa shape index (κ2) is 9.36. The average molecular weight is 206 g/mol. The van der Waals surface area contributed by atoms with Crippen LogP contribution in [0.4, 0.5) is 0 Å². The van der Waals surface area contributed by atoms with Crippen molar-refractivity contribution in [2.45, 2.75) is 13.8 Å². The van der Waals surface area contributed by atoms with Crippen molar-refractivity contribution in [2.75, 3.05) is 0 Å². The van der Waals surface area contributed by atoms with Gasteiger partial charge in [0.2, 0.25) is 0 Å². The Morgan fingerprint density at radius 1 is 1.23 bits per heavy atom. The molecule has 0 bridgehead atoms. The van der Waals surface area contributed by atoms with Crippen LogP contribution in [0.15, 0.2) is 18.2 Å². The Morgan fingerprint density at radius 3 is 1.92 bits per heavy atom. The van der Waals surface area contributed by atoms with E-state index in [9.17, 15) is 0 Å². The van der Waals surface area contributed by atoms with Crippen molar-refractivity contribution in [3.05, 3.63) is 35.4 Å². The van der Waals surface area contributed by atoms with Gasteiger partial charge in [-0.15, -0.1) is 0 Å². The molecule has 0 spiro atoms. The summed E-state index contributed by atoms with van der Waals surface area (Å²) in [6.45, 7) is 4.13. The van der Waals surface area contributed by atoms with Crippen LogP contribution in [0.3, 0.4) is 0 Å². The fraction of sp³-hybridized carbons (Fsp3) is 0.250. The van der Waals surface area contributed by atoms with Gasteiger partial charge in [-0.25, -0.2) is 0 Å². The van der Waals surface area contributed by atoms with Crippen LogP contribution in [-0.4, -0.2) is 22.4 Å². The van der Waals surface area contributed by atoms with E-state index in [1.54, 1.807) is 0 Å². The molecule has 13 heavy (non-hydrogen) atoms. The van der Waals surface area contributed by atoms with E-state index in [0.717, 1.165) is 0 Å². The first-order valence-corrected chi connectivity index (χ1v) is 3.51. The molecule has 3 N–H and O–H groups in total. The summed E-state index contributed by atoms with van der Waals surface area (Å²) in [5.74, 6) is 0. The van der Waals surface area contributed by atoms with Crippen molar-refractivity contribution in [3.63, 3.8) is 0 Å². The number of aryl methyl sites for hydroxylation is 2. The molecule has 1 aromatic rings. The van der Waals surface area contributed by atoms with Crippen LogP contribution in [0.1, 0.15) is 11.1 Å². The Kier molecular flexibility index (Phi) is 11.7. The Hall–Kier alpha value is 0.801. The Balaban J connectivity index is 0. The summed E-state index contributed by atoms with van der Waals surface area (Å²) >= 11 is 0. The summed E-state index contributed by atoms with van der Waals surface area (Å²) in [6.07, 6.45) is 0. The molecule has 0 atom stereocenters. The van der Waals surface area contributed by atoms with E-state index in [2.05, 4.69) is 19.1 Å². The van der Waals surface area contributed by atoms with E-state index in [4.69, 9.17) is 15.1 Å². The maximum absolute atomic E-state index is 7.17. The zero-order chi connectivity index (χ0) is 9.56. The van der Waals surface area contributed by atoms with Crippen molar-refractivity contribution in [2.24, 2.45) is 0 Å². The fourth-order valence-corrected chi connectivity index (χ4v) is 0.736. The first-order chi connectivity index (χ1) is 5.52. The number of rotatable bonds is 0. The molecule has 5 heteroatoms. The van der Waals surface area contributed by atoms with Gasteiger partial charge >= 0.3 is 58.7 Å². The average Bonchev–Trinajstić information content (AvgIpc) is 1.84. The molecule has 66 valence electrons. The molecule has 0 fully saturated rings. The quantitative estimate of drug-likeness (QED) is 0.314. The van der Waals surface area contributed by atoms with Gasteiger partial charge in [0.15, 0.2) is 0 Å². The molecule has 0 heterocycles. The summed E-state index contributed by atoms with van der Waals surface area (Å²) < 4.78 is 0. The molecule has 0 aliphatic rings. The molecular weight excluding hydrogens is 194 g/mol. The minimum Gasteiger partial charge on any atom is -0.402 e. The van der Waals surface area contributed by atoms with Gasteiger partial charge < -0.3 is 15.1 Å². The predicted octanol–water partition coefficient (Wildman–Crippen LogP) is -2.94. The summed E-state index contributed by atoms with van der Waals surface area (Å²) in [6, 6.07) is 9.18. The molecular formula is C8H12BKO3. The first kappa shape index (κ1) is 16.2. The maximum atomic E-state index is 7.17. The minimum atomic E-state index is -2.17. The number of benzene rings is 1. The van der Waals surface area contributed by atoms with E-state index < -0.39 is 7.32 Å². The van der Waals surface area contributed by atoms with Gasteiger partial charge in [0.25, 0.3) is 0 Å². The van der Waals surface area contributed by atoms with Crippen LogP contribution in [0.25, 0.3) is 0 Å². The van der Waals surface area contributed by atoms with Gasteiger partial charge in [0, 0.05) is 0 Å². The second-order valence-corrected chi connectivity index (χ2v) is 2.40. The molecule has 0 amide bonds. The minimum absolute atomic E-state index is 0. The van der Waals surface area contributed by atoms with Crippen molar-refractivity contribution in [1.82, 2.24) is 0 Å². The Morgan fingerprint density at radius 2 is 1.69 bits per heavy atom. The zero-order valence-corrected chi connectivity index (χ0v) is 11.3. The zero-order valence-electron chi connectivity index (χ0n) is 8.15. The Bertz CT molecular complexity index is 210. The van der Waals surface area contributed by atoms with Gasteiger partial charge in [-0.1, -0.05) is 13.8 Å². The van der Waals surface area contributed by atoms with Crippen LogP contribution in [-0.2, 0) is 0 Å². The molecule has 0 saturated carbocycles. The predicted molar refractivity (Wildman–Crippen MR) is 47.2 cm³/mol. The van der Waals surface area contributed by atoms with Crippen molar-refractivity contribution >= 4 is 7.32 Å². The third-order valence-corrected chi connectivity index (χ3v) is 1.10. The molecule has 0 aromatic heterocycles. The molecule has 0 saturated heterocycles. The topological polar surface area (TPSA) is 60.7 Å². The van der Waals surface area contributed by atoms with E-state index in [-0.39, 0.29) is 51.4 Å². The first-order valence-electron chi connectivity index (χ1n) is 3.51. The molecule has 1 aromatic carbocycles. The standard InChI is InChI=1S/C8H9.BH3O3.K/c1-7-4-3-5-8(2)6-7;2-1(3)4;/h3-4,6H,1-2H3;2-4H;/q-1;;+1. The van der Waals surface area contributed by atoms with Crippen LogP contribution >= 0.6 is 0 Å². The van der Waals surface area contributed by atoms with Gasteiger partial charge in [-0.3, -0.25) is 0 Å². The van der Waals surface area contributed by atoms with Crippen LogP contribution in [0, 0.1) is 19.9 Å². The van der Waals surface area contributed by atoms with Crippen LogP contribution < -0.4 is 51.4 Å². The number of hydrogen-bond acceptors (Lipinski definition) is 3. The van der Waals surface area contributed by atoms with Gasteiger partial charge in [0.1, 0.15) is 0 Å². The normalized spacial score (nSPS) is 7.77. The summed E-state index contributed by atoms with van der Waals surface area (Å²) in [7, 11) is -2.17. The summed E-state index contributed by atoms with van der Waals surface area (Å²) in [4.78, 5) is 0. The van der Waals surface area contributed by atoms with Gasteiger partial charge in [-0.2, -0.15) is 35.4 Å². The fourth-order valence-electron chi connectivity index (χ4n) is 0.736. The third-order valence-electron chi connectivity index (χ3n) is 1.10. The van der Waals surface area contributed by atoms with Crippen molar-refractivity contribution in [1.29, 1.82) is 0 Å². The van der Waals surface area contributed by atoms with Crippen molar-refractivity contribution < 1.29 is 66.5 Å². The smallest absolute Gasteiger partial charge is 0.402 e. The Labute approximate surface area is 121 Å². The second-order valence-electron chi connectivity index (χ2n) is 2.40. The monoisotopic (exact) mass is 206 g/mol.